The van der Waals surface area contributed by atoms with Gasteiger partial charge in [-0.1, -0.05) is 6.07 Å². The lowest BCUT2D eigenvalue weighted by Gasteiger charge is -2.35. The Morgan fingerprint density at radius 3 is 2.45 bits per heavy atom. The zero-order valence-electron chi connectivity index (χ0n) is 12.8. The first-order valence-corrected chi connectivity index (χ1v) is 8.44. The Bertz CT molecular complexity index is 345. The SMILES string of the molecule is CN(C)CCN1CCN(CCNCc2cccs2)CC1. The Labute approximate surface area is 127 Å². The van der Waals surface area contributed by atoms with E-state index in [0.717, 1.165) is 13.1 Å². The van der Waals surface area contributed by atoms with E-state index < -0.39 is 0 Å². The van der Waals surface area contributed by atoms with Crippen LogP contribution in [0.2, 0.25) is 0 Å². The fraction of sp³-hybridized carbons (Fsp3) is 0.733. The van der Waals surface area contributed by atoms with Crippen molar-refractivity contribution in [3.05, 3.63) is 22.4 Å². The first kappa shape index (κ1) is 15.9. The minimum absolute atomic E-state index is 1.01. The van der Waals surface area contributed by atoms with Gasteiger partial charge in [0, 0.05) is 63.8 Å². The minimum Gasteiger partial charge on any atom is -0.311 e. The monoisotopic (exact) mass is 296 g/mol. The number of thiophene rings is 1. The molecule has 20 heavy (non-hydrogen) atoms. The second-order valence-corrected chi connectivity index (χ2v) is 6.77. The summed E-state index contributed by atoms with van der Waals surface area (Å²) in [6.07, 6.45) is 0. The Kier molecular flexibility index (Phi) is 6.96. The highest BCUT2D eigenvalue weighted by molar-refractivity contribution is 7.09. The molecule has 0 aromatic carbocycles. The number of piperazine rings is 1. The lowest BCUT2D eigenvalue weighted by Crippen LogP contribution is -2.49. The van der Waals surface area contributed by atoms with Crippen LogP contribution in [0.4, 0.5) is 0 Å². The van der Waals surface area contributed by atoms with Crippen LogP contribution in [-0.2, 0) is 6.54 Å². The Morgan fingerprint density at radius 2 is 1.85 bits per heavy atom. The third-order valence-electron chi connectivity index (χ3n) is 3.81. The van der Waals surface area contributed by atoms with Gasteiger partial charge in [0.15, 0.2) is 0 Å². The van der Waals surface area contributed by atoms with Crippen molar-refractivity contribution in [2.24, 2.45) is 0 Å². The third-order valence-corrected chi connectivity index (χ3v) is 4.69. The van der Waals surface area contributed by atoms with Crippen molar-refractivity contribution < 1.29 is 0 Å². The van der Waals surface area contributed by atoms with Gasteiger partial charge in [0.1, 0.15) is 0 Å². The lowest BCUT2D eigenvalue weighted by atomic mass is 10.3. The van der Waals surface area contributed by atoms with Crippen LogP contribution < -0.4 is 5.32 Å². The molecule has 2 rings (SSSR count). The third kappa shape index (κ3) is 5.89. The fourth-order valence-electron chi connectivity index (χ4n) is 2.44. The second-order valence-electron chi connectivity index (χ2n) is 5.74. The Hall–Kier alpha value is -0.460. The van der Waals surface area contributed by atoms with E-state index in [1.165, 1.54) is 50.7 Å². The van der Waals surface area contributed by atoms with Crippen LogP contribution in [0.5, 0.6) is 0 Å². The fourth-order valence-corrected chi connectivity index (χ4v) is 3.11. The molecular weight excluding hydrogens is 268 g/mol. The van der Waals surface area contributed by atoms with Crippen molar-refractivity contribution in [3.8, 4) is 0 Å². The van der Waals surface area contributed by atoms with Gasteiger partial charge < -0.3 is 10.2 Å². The molecule has 2 heterocycles. The molecule has 1 aliphatic heterocycles. The van der Waals surface area contributed by atoms with E-state index in [4.69, 9.17) is 0 Å². The van der Waals surface area contributed by atoms with Crippen LogP contribution >= 0.6 is 11.3 Å². The summed E-state index contributed by atoms with van der Waals surface area (Å²) in [7, 11) is 4.30. The number of hydrogen-bond acceptors (Lipinski definition) is 5. The molecule has 0 atom stereocenters. The normalized spacial score (nSPS) is 17.9. The summed E-state index contributed by atoms with van der Waals surface area (Å²) in [4.78, 5) is 8.85. The molecule has 0 amide bonds. The van der Waals surface area contributed by atoms with Crippen LogP contribution in [0, 0.1) is 0 Å². The number of likely N-dealkylation sites (N-methyl/N-ethyl adjacent to an activating group) is 1. The average Bonchev–Trinajstić information content (AvgIpc) is 2.96. The molecule has 1 fully saturated rings. The Morgan fingerprint density at radius 1 is 1.15 bits per heavy atom. The molecule has 1 aromatic rings. The average molecular weight is 296 g/mol. The van der Waals surface area contributed by atoms with Crippen LogP contribution in [-0.4, -0.2) is 81.2 Å². The number of rotatable bonds is 8. The van der Waals surface area contributed by atoms with E-state index in [2.05, 4.69) is 51.6 Å². The minimum atomic E-state index is 1.01. The van der Waals surface area contributed by atoms with E-state index in [-0.39, 0.29) is 0 Å². The second kappa shape index (κ2) is 8.74. The summed E-state index contributed by atoms with van der Waals surface area (Å²) in [5, 5.41) is 5.68. The van der Waals surface area contributed by atoms with Crippen LogP contribution in [0.1, 0.15) is 4.88 Å². The molecule has 1 aromatic heterocycles. The summed E-state index contributed by atoms with van der Waals surface area (Å²) in [6.45, 7) is 10.5. The molecule has 4 nitrogen and oxygen atoms in total. The van der Waals surface area contributed by atoms with Gasteiger partial charge in [-0.25, -0.2) is 0 Å². The molecule has 1 N–H and O–H groups in total. The number of hydrogen-bond donors (Lipinski definition) is 1. The maximum atomic E-state index is 3.53. The van der Waals surface area contributed by atoms with E-state index in [1.807, 2.05) is 11.3 Å². The maximum Gasteiger partial charge on any atom is 0.0300 e. The molecule has 0 unspecified atom stereocenters. The molecule has 1 saturated heterocycles. The predicted molar refractivity (Wildman–Crippen MR) is 87.5 cm³/mol. The van der Waals surface area contributed by atoms with Gasteiger partial charge in [-0.15, -0.1) is 11.3 Å². The highest BCUT2D eigenvalue weighted by atomic mass is 32.1. The molecule has 0 saturated carbocycles. The van der Waals surface area contributed by atoms with Gasteiger partial charge in [0.05, 0.1) is 0 Å². The van der Waals surface area contributed by atoms with Gasteiger partial charge in [0.2, 0.25) is 0 Å². The van der Waals surface area contributed by atoms with E-state index in [0.29, 0.717) is 0 Å². The van der Waals surface area contributed by atoms with Gasteiger partial charge in [0.25, 0.3) is 0 Å². The summed E-state index contributed by atoms with van der Waals surface area (Å²) in [6, 6.07) is 4.32. The van der Waals surface area contributed by atoms with Crippen molar-refractivity contribution in [2.75, 3.05) is 66.5 Å². The van der Waals surface area contributed by atoms with Gasteiger partial charge in [-0.2, -0.15) is 0 Å². The van der Waals surface area contributed by atoms with Crippen molar-refractivity contribution in [3.63, 3.8) is 0 Å². The van der Waals surface area contributed by atoms with Crippen molar-refractivity contribution >= 4 is 11.3 Å². The van der Waals surface area contributed by atoms with Crippen molar-refractivity contribution in [1.82, 2.24) is 20.0 Å². The first-order chi connectivity index (χ1) is 9.74. The molecule has 0 aliphatic carbocycles. The van der Waals surface area contributed by atoms with E-state index >= 15 is 0 Å². The molecule has 0 spiro atoms. The number of nitrogens with zero attached hydrogens (tertiary/aromatic N) is 3. The Balaban J connectivity index is 1.51. The van der Waals surface area contributed by atoms with Crippen LogP contribution in [0.15, 0.2) is 17.5 Å². The lowest BCUT2D eigenvalue weighted by molar-refractivity contribution is 0.126. The summed E-state index contributed by atoms with van der Waals surface area (Å²) < 4.78 is 0. The largest absolute Gasteiger partial charge is 0.311 e. The zero-order chi connectivity index (χ0) is 14.2. The highest BCUT2D eigenvalue weighted by Crippen LogP contribution is 2.07. The summed E-state index contributed by atoms with van der Waals surface area (Å²) >= 11 is 1.83. The quantitative estimate of drug-likeness (QED) is 0.723. The maximum absolute atomic E-state index is 3.53. The van der Waals surface area contributed by atoms with Gasteiger partial charge in [-0.05, 0) is 25.5 Å². The van der Waals surface area contributed by atoms with E-state index in [1.54, 1.807) is 0 Å². The zero-order valence-corrected chi connectivity index (χ0v) is 13.7. The summed E-state index contributed by atoms with van der Waals surface area (Å²) in [5.41, 5.74) is 0. The summed E-state index contributed by atoms with van der Waals surface area (Å²) in [5.74, 6) is 0. The molecule has 0 radical (unpaired) electrons. The van der Waals surface area contributed by atoms with E-state index in [9.17, 15) is 0 Å². The highest BCUT2D eigenvalue weighted by Gasteiger charge is 2.15. The van der Waals surface area contributed by atoms with Crippen molar-refractivity contribution in [1.29, 1.82) is 0 Å². The standard InChI is InChI=1S/C15H28N4S/c1-17(2)7-8-19-11-9-18(10-12-19)6-5-16-14-15-4-3-13-20-15/h3-4,13,16H,5-12,14H2,1-2H3. The first-order valence-electron chi connectivity index (χ1n) is 7.56. The molecular formula is C15H28N4S. The topological polar surface area (TPSA) is 21.8 Å². The van der Waals surface area contributed by atoms with Gasteiger partial charge in [-0.3, -0.25) is 9.80 Å². The smallest absolute Gasteiger partial charge is 0.0300 e. The van der Waals surface area contributed by atoms with Crippen molar-refractivity contribution in [2.45, 2.75) is 6.54 Å². The molecule has 114 valence electrons. The van der Waals surface area contributed by atoms with Crippen LogP contribution in [0.3, 0.4) is 0 Å². The molecule has 1 aliphatic rings. The van der Waals surface area contributed by atoms with Gasteiger partial charge >= 0.3 is 0 Å². The predicted octanol–water partition coefficient (Wildman–Crippen LogP) is 1.02. The molecule has 5 heteroatoms. The number of nitrogens with one attached hydrogen (secondary N) is 1. The molecule has 0 bridgehead atoms. The van der Waals surface area contributed by atoms with Crippen LogP contribution in [0.25, 0.3) is 0 Å².